The van der Waals surface area contributed by atoms with Gasteiger partial charge in [-0.3, -0.25) is 14.9 Å². The zero-order valence-electron chi connectivity index (χ0n) is 10.8. The number of thiazole rings is 1. The minimum absolute atomic E-state index is 0.153. The first-order chi connectivity index (χ1) is 9.58. The van der Waals surface area contributed by atoms with Crippen molar-refractivity contribution < 1.29 is 14.3 Å². The van der Waals surface area contributed by atoms with E-state index < -0.39 is 5.91 Å². The lowest BCUT2D eigenvalue weighted by Gasteiger charge is -1.97. The molecule has 0 aliphatic rings. The minimum atomic E-state index is -0.461. The summed E-state index contributed by atoms with van der Waals surface area (Å²) in [5.74, 6) is -0.549. The van der Waals surface area contributed by atoms with Crippen LogP contribution in [0.2, 0.25) is 0 Å². The van der Waals surface area contributed by atoms with Crippen LogP contribution in [-0.2, 0) is 4.79 Å². The van der Waals surface area contributed by atoms with Crippen LogP contribution in [0.3, 0.4) is 0 Å². The quantitative estimate of drug-likeness (QED) is 0.752. The number of ether oxygens (including phenoxy) is 1. The molecule has 0 aliphatic carbocycles. The van der Waals surface area contributed by atoms with Crippen molar-refractivity contribution in [1.29, 1.82) is 0 Å². The van der Waals surface area contributed by atoms with Gasteiger partial charge in [0.1, 0.15) is 5.69 Å². The number of hydrogen-bond acceptors (Lipinski definition) is 7. The molecule has 0 unspecified atom stereocenters. The van der Waals surface area contributed by atoms with Crippen LogP contribution in [0.5, 0.6) is 6.01 Å². The molecule has 0 radical (unpaired) electrons. The predicted octanol–water partition coefficient (Wildman–Crippen LogP) is 0.871. The van der Waals surface area contributed by atoms with Gasteiger partial charge in [-0.1, -0.05) is 0 Å². The molecule has 2 heterocycles. The van der Waals surface area contributed by atoms with Gasteiger partial charge in [-0.2, -0.15) is 4.98 Å². The molecule has 0 bridgehead atoms. The molecular formula is C10H12N6O3S. The van der Waals surface area contributed by atoms with Gasteiger partial charge in [-0.15, -0.1) is 16.4 Å². The highest BCUT2D eigenvalue weighted by molar-refractivity contribution is 7.14. The third-order valence-corrected chi connectivity index (χ3v) is 2.75. The van der Waals surface area contributed by atoms with E-state index >= 15 is 0 Å². The normalized spacial score (nSPS) is 10.1. The van der Waals surface area contributed by atoms with E-state index in [9.17, 15) is 9.59 Å². The molecule has 0 saturated heterocycles. The summed E-state index contributed by atoms with van der Waals surface area (Å²) in [5, 5.41) is 13.1. The first-order valence-corrected chi connectivity index (χ1v) is 6.56. The SMILES string of the molecule is CCOc1n[nH]c(NC(=O)c2csc(NC(C)=O)n2)n1. The van der Waals surface area contributed by atoms with Gasteiger partial charge >= 0.3 is 6.01 Å². The zero-order chi connectivity index (χ0) is 14.5. The third kappa shape index (κ3) is 3.51. The topological polar surface area (TPSA) is 122 Å². The number of nitrogens with one attached hydrogen (secondary N) is 3. The molecule has 2 aromatic rings. The highest BCUT2D eigenvalue weighted by atomic mass is 32.1. The number of aromatic amines is 1. The number of rotatable bonds is 5. The maximum atomic E-state index is 11.9. The molecule has 20 heavy (non-hydrogen) atoms. The van der Waals surface area contributed by atoms with Gasteiger partial charge in [0, 0.05) is 12.3 Å². The van der Waals surface area contributed by atoms with Crippen molar-refractivity contribution in [3.63, 3.8) is 0 Å². The lowest BCUT2D eigenvalue weighted by atomic mass is 10.4. The molecule has 2 rings (SSSR count). The Labute approximate surface area is 117 Å². The van der Waals surface area contributed by atoms with Crippen LogP contribution in [0.1, 0.15) is 24.3 Å². The van der Waals surface area contributed by atoms with Gasteiger partial charge in [0.2, 0.25) is 11.9 Å². The number of hydrogen-bond donors (Lipinski definition) is 3. The van der Waals surface area contributed by atoms with Crippen LogP contribution < -0.4 is 15.4 Å². The molecule has 0 spiro atoms. The fourth-order valence-corrected chi connectivity index (χ4v) is 1.99. The number of nitrogens with zero attached hydrogens (tertiary/aromatic N) is 3. The van der Waals surface area contributed by atoms with Gasteiger partial charge in [0.05, 0.1) is 6.61 Å². The Morgan fingerprint density at radius 3 is 2.90 bits per heavy atom. The highest BCUT2D eigenvalue weighted by Crippen LogP contribution is 2.16. The Morgan fingerprint density at radius 1 is 1.40 bits per heavy atom. The fourth-order valence-electron chi connectivity index (χ4n) is 1.25. The molecule has 2 amide bonds. The third-order valence-electron chi connectivity index (χ3n) is 1.99. The molecule has 106 valence electrons. The maximum Gasteiger partial charge on any atom is 0.337 e. The van der Waals surface area contributed by atoms with Crippen molar-refractivity contribution in [3.05, 3.63) is 11.1 Å². The second-order valence-electron chi connectivity index (χ2n) is 3.57. The van der Waals surface area contributed by atoms with Crippen LogP contribution in [0.25, 0.3) is 0 Å². The lowest BCUT2D eigenvalue weighted by Crippen LogP contribution is -2.14. The highest BCUT2D eigenvalue weighted by Gasteiger charge is 2.14. The van der Waals surface area contributed by atoms with Crippen molar-refractivity contribution >= 4 is 34.2 Å². The van der Waals surface area contributed by atoms with E-state index in [4.69, 9.17) is 4.74 Å². The van der Waals surface area contributed by atoms with E-state index in [0.717, 1.165) is 11.3 Å². The van der Waals surface area contributed by atoms with Crippen LogP contribution in [-0.4, -0.2) is 38.6 Å². The molecule has 10 heteroatoms. The van der Waals surface area contributed by atoms with E-state index in [1.807, 2.05) is 0 Å². The summed E-state index contributed by atoms with van der Waals surface area (Å²) in [6, 6.07) is 0.153. The smallest absolute Gasteiger partial charge is 0.337 e. The van der Waals surface area contributed by atoms with Crippen LogP contribution in [0, 0.1) is 0 Å². The average molecular weight is 296 g/mol. The molecular weight excluding hydrogens is 284 g/mol. The maximum absolute atomic E-state index is 11.9. The Hall–Kier alpha value is -2.49. The predicted molar refractivity (Wildman–Crippen MR) is 71.9 cm³/mol. The zero-order valence-corrected chi connectivity index (χ0v) is 11.6. The van der Waals surface area contributed by atoms with Crippen LogP contribution in [0.15, 0.2) is 5.38 Å². The number of carbonyl (C=O) groups excluding carboxylic acids is 2. The number of carbonyl (C=O) groups is 2. The Bertz CT molecular complexity index is 622. The number of H-pyrrole nitrogens is 1. The largest absolute Gasteiger partial charge is 0.463 e. The summed E-state index contributed by atoms with van der Waals surface area (Å²) in [6.07, 6.45) is 0. The van der Waals surface area contributed by atoms with Crippen molar-refractivity contribution in [2.24, 2.45) is 0 Å². The number of anilines is 2. The summed E-state index contributed by atoms with van der Waals surface area (Å²) >= 11 is 1.16. The molecule has 9 nitrogen and oxygen atoms in total. The minimum Gasteiger partial charge on any atom is -0.463 e. The second-order valence-corrected chi connectivity index (χ2v) is 4.43. The monoisotopic (exact) mass is 296 g/mol. The summed E-state index contributed by atoms with van der Waals surface area (Å²) in [4.78, 5) is 30.6. The van der Waals surface area contributed by atoms with Gasteiger partial charge < -0.3 is 10.1 Å². The molecule has 2 aromatic heterocycles. The fraction of sp³-hybridized carbons (Fsp3) is 0.300. The standard InChI is InChI=1S/C10H12N6O3S/c1-3-19-9-14-8(15-16-9)13-7(18)6-4-20-10(12-6)11-5(2)17/h4H,3H2,1-2H3,(H,11,12,17)(H2,13,14,15,16,18). The van der Waals surface area contributed by atoms with Gasteiger partial charge in [-0.05, 0) is 6.92 Å². The van der Waals surface area contributed by atoms with E-state index in [1.54, 1.807) is 6.92 Å². The van der Waals surface area contributed by atoms with Gasteiger partial charge in [-0.25, -0.2) is 10.1 Å². The molecule has 0 saturated carbocycles. The lowest BCUT2D eigenvalue weighted by molar-refractivity contribution is -0.114. The second kappa shape index (κ2) is 6.10. The van der Waals surface area contributed by atoms with Crippen LogP contribution >= 0.6 is 11.3 Å². The summed E-state index contributed by atoms with van der Waals surface area (Å²) in [7, 11) is 0. The molecule has 3 N–H and O–H groups in total. The van der Waals surface area contributed by atoms with E-state index in [-0.39, 0.29) is 23.6 Å². The average Bonchev–Trinajstić information content (AvgIpc) is 2.99. The van der Waals surface area contributed by atoms with Gasteiger partial charge in [0.25, 0.3) is 5.91 Å². The number of aromatic nitrogens is 4. The van der Waals surface area contributed by atoms with Crippen molar-refractivity contribution in [3.8, 4) is 6.01 Å². The van der Waals surface area contributed by atoms with E-state index in [1.165, 1.54) is 12.3 Å². The van der Waals surface area contributed by atoms with Crippen molar-refractivity contribution in [2.75, 3.05) is 17.2 Å². The first-order valence-electron chi connectivity index (χ1n) is 5.68. The first kappa shape index (κ1) is 13.9. The van der Waals surface area contributed by atoms with Crippen molar-refractivity contribution in [1.82, 2.24) is 20.2 Å². The molecule has 0 aliphatic heterocycles. The molecule has 0 atom stereocenters. The molecule has 0 fully saturated rings. The van der Waals surface area contributed by atoms with Crippen molar-refractivity contribution in [2.45, 2.75) is 13.8 Å². The Morgan fingerprint density at radius 2 is 2.20 bits per heavy atom. The molecule has 0 aromatic carbocycles. The van der Waals surface area contributed by atoms with E-state index in [2.05, 4.69) is 30.8 Å². The Balaban J connectivity index is 2.00. The summed E-state index contributed by atoms with van der Waals surface area (Å²) < 4.78 is 5.06. The van der Waals surface area contributed by atoms with Gasteiger partial charge in [0.15, 0.2) is 5.13 Å². The van der Waals surface area contributed by atoms with E-state index in [0.29, 0.717) is 11.7 Å². The summed E-state index contributed by atoms with van der Waals surface area (Å²) in [6.45, 7) is 3.59. The Kier molecular flexibility index (Phi) is 4.25. The summed E-state index contributed by atoms with van der Waals surface area (Å²) in [5.41, 5.74) is 0.174. The number of amides is 2. The van der Waals surface area contributed by atoms with Crippen LogP contribution in [0.4, 0.5) is 11.1 Å².